The molecule has 0 saturated heterocycles. The Morgan fingerprint density at radius 1 is 0.938 bits per heavy atom. The molecule has 0 aromatic carbocycles. The molecule has 6 nitrogen and oxygen atoms in total. The molecule has 0 aliphatic carbocycles. The van der Waals surface area contributed by atoms with Crippen molar-refractivity contribution in [3.8, 4) is 0 Å². The van der Waals surface area contributed by atoms with Crippen molar-refractivity contribution >= 4 is 11.8 Å². The van der Waals surface area contributed by atoms with E-state index in [-0.39, 0.29) is 11.8 Å². The van der Waals surface area contributed by atoms with Crippen molar-refractivity contribution in [3.63, 3.8) is 0 Å². The number of amides is 2. The summed E-state index contributed by atoms with van der Waals surface area (Å²) in [6, 6.07) is 0. The van der Waals surface area contributed by atoms with E-state index in [1.807, 2.05) is 0 Å². The summed E-state index contributed by atoms with van der Waals surface area (Å²) in [5.74, 6) is -0.484. The van der Waals surface area contributed by atoms with Crippen LogP contribution in [0.1, 0.15) is 27.7 Å². The van der Waals surface area contributed by atoms with Gasteiger partial charge >= 0.3 is 0 Å². The molecule has 94 valence electrons. The predicted molar refractivity (Wildman–Crippen MR) is 58.5 cm³/mol. The monoisotopic (exact) mass is 232 g/mol. The number of nitrogens with one attached hydrogen (secondary N) is 2. The molecule has 0 unspecified atom stereocenters. The first kappa shape index (κ1) is 14.9. The van der Waals surface area contributed by atoms with Gasteiger partial charge in [-0.15, -0.1) is 0 Å². The van der Waals surface area contributed by atoms with Crippen LogP contribution in [0, 0.1) is 0 Å². The summed E-state index contributed by atoms with van der Waals surface area (Å²) >= 11 is 0. The van der Waals surface area contributed by atoms with Crippen molar-refractivity contribution in [2.75, 3.05) is 13.2 Å². The molecule has 6 heteroatoms. The van der Waals surface area contributed by atoms with Gasteiger partial charge < -0.3 is 20.1 Å². The van der Waals surface area contributed by atoms with Crippen LogP contribution in [0.5, 0.6) is 0 Å². The van der Waals surface area contributed by atoms with Crippen LogP contribution < -0.4 is 10.6 Å². The number of hydrogen-bond acceptors (Lipinski definition) is 4. The molecule has 0 aliphatic rings. The lowest BCUT2D eigenvalue weighted by Gasteiger charge is -2.27. The Bertz CT molecular complexity index is 209. The lowest BCUT2D eigenvalue weighted by Crippen LogP contribution is -2.53. The van der Waals surface area contributed by atoms with E-state index in [0.717, 1.165) is 0 Å². The van der Waals surface area contributed by atoms with Gasteiger partial charge in [0.05, 0.1) is 0 Å². The fourth-order valence-corrected chi connectivity index (χ4v) is 1.17. The molecule has 2 amide bonds. The van der Waals surface area contributed by atoms with Crippen LogP contribution in [0.4, 0.5) is 0 Å². The summed E-state index contributed by atoms with van der Waals surface area (Å²) in [5, 5.41) is 5.14. The van der Waals surface area contributed by atoms with Gasteiger partial charge in [0.1, 0.15) is 0 Å². The SMILES string of the molecule is CCO[C@@H](NC(C)=O)[C@@H](NC(C)=O)OCC. The number of rotatable bonds is 7. The van der Waals surface area contributed by atoms with Gasteiger partial charge in [-0.2, -0.15) is 0 Å². The van der Waals surface area contributed by atoms with E-state index in [1.54, 1.807) is 13.8 Å². The van der Waals surface area contributed by atoms with Crippen LogP contribution >= 0.6 is 0 Å². The van der Waals surface area contributed by atoms with Gasteiger partial charge in [0, 0.05) is 27.1 Å². The molecule has 2 atom stereocenters. The molecular formula is C10H20N2O4. The second-order valence-electron chi connectivity index (χ2n) is 3.15. The standard InChI is InChI=1S/C10H20N2O4/c1-5-15-9(11-7(3)13)10(16-6-2)12-8(4)14/h9-10H,5-6H2,1-4H3,(H,11,13)(H,12,14)/t9-,10+. The maximum Gasteiger partial charge on any atom is 0.218 e. The highest BCUT2D eigenvalue weighted by Gasteiger charge is 2.23. The van der Waals surface area contributed by atoms with Crippen molar-refractivity contribution in [2.45, 2.75) is 40.2 Å². The lowest BCUT2D eigenvalue weighted by atomic mass is 10.4. The van der Waals surface area contributed by atoms with Crippen LogP contribution in [0.3, 0.4) is 0 Å². The second-order valence-corrected chi connectivity index (χ2v) is 3.15. The van der Waals surface area contributed by atoms with E-state index in [9.17, 15) is 9.59 Å². The van der Waals surface area contributed by atoms with E-state index >= 15 is 0 Å². The fraction of sp³-hybridized carbons (Fsp3) is 0.800. The zero-order valence-corrected chi connectivity index (χ0v) is 10.2. The van der Waals surface area contributed by atoms with Crippen molar-refractivity contribution < 1.29 is 19.1 Å². The van der Waals surface area contributed by atoms with Gasteiger partial charge in [0.25, 0.3) is 0 Å². The number of hydrogen-bond donors (Lipinski definition) is 2. The Hall–Kier alpha value is -1.14. The first-order valence-electron chi connectivity index (χ1n) is 5.28. The Morgan fingerprint density at radius 2 is 1.25 bits per heavy atom. The fourth-order valence-electron chi connectivity index (χ4n) is 1.17. The van der Waals surface area contributed by atoms with Crippen LogP contribution in [0.25, 0.3) is 0 Å². The van der Waals surface area contributed by atoms with E-state index < -0.39 is 12.5 Å². The summed E-state index contributed by atoms with van der Waals surface area (Å²) in [4.78, 5) is 21.9. The van der Waals surface area contributed by atoms with Crippen LogP contribution in [-0.4, -0.2) is 37.5 Å². The van der Waals surface area contributed by atoms with Crippen molar-refractivity contribution in [1.82, 2.24) is 10.6 Å². The Balaban J connectivity index is 4.49. The smallest absolute Gasteiger partial charge is 0.218 e. The number of carbonyl (C=O) groups excluding carboxylic acids is 2. The van der Waals surface area contributed by atoms with Crippen LogP contribution in [0.15, 0.2) is 0 Å². The normalized spacial score (nSPS) is 14.0. The largest absolute Gasteiger partial charge is 0.354 e. The summed E-state index contributed by atoms with van der Waals surface area (Å²) in [7, 11) is 0. The molecule has 2 N–H and O–H groups in total. The zero-order chi connectivity index (χ0) is 12.6. The second kappa shape index (κ2) is 8.06. The van der Waals surface area contributed by atoms with Gasteiger partial charge in [-0.05, 0) is 13.8 Å². The highest BCUT2D eigenvalue weighted by atomic mass is 16.6. The third-order valence-corrected chi connectivity index (χ3v) is 1.66. The molecule has 0 aliphatic heterocycles. The quantitative estimate of drug-likeness (QED) is 0.605. The molecule has 0 heterocycles. The molecule has 0 radical (unpaired) electrons. The lowest BCUT2D eigenvalue weighted by molar-refractivity contribution is -0.141. The Morgan fingerprint density at radius 3 is 1.44 bits per heavy atom. The van der Waals surface area contributed by atoms with E-state index in [0.29, 0.717) is 13.2 Å². The molecule has 0 saturated carbocycles. The average Bonchev–Trinajstić information content (AvgIpc) is 2.15. The van der Waals surface area contributed by atoms with E-state index in [1.165, 1.54) is 13.8 Å². The molecule has 0 aromatic heterocycles. The maximum absolute atomic E-state index is 11.0. The first-order valence-corrected chi connectivity index (χ1v) is 5.28. The molecular weight excluding hydrogens is 212 g/mol. The molecule has 0 rings (SSSR count). The number of carbonyl (C=O) groups is 2. The highest BCUT2D eigenvalue weighted by Crippen LogP contribution is 1.99. The molecule has 0 aromatic rings. The topological polar surface area (TPSA) is 76.7 Å². The van der Waals surface area contributed by atoms with E-state index in [4.69, 9.17) is 9.47 Å². The van der Waals surface area contributed by atoms with Gasteiger partial charge in [-0.1, -0.05) is 0 Å². The average molecular weight is 232 g/mol. The minimum atomic E-state index is -0.675. The minimum Gasteiger partial charge on any atom is -0.354 e. The minimum absolute atomic E-state index is 0.242. The first-order chi connectivity index (χ1) is 7.51. The highest BCUT2D eigenvalue weighted by molar-refractivity contribution is 5.74. The van der Waals surface area contributed by atoms with Crippen LogP contribution in [-0.2, 0) is 19.1 Å². The van der Waals surface area contributed by atoms with Crippen molar-refractivity contribution in [1.29, 1.82) is 0 Å². The van der Waals surface area contributed by atoms with Gasteiger partial charge in [-0.25, -0.2) is 0 Å². The Labute approximate surface area is 95.7 Å². The molecule has 16 heavy (non-hydrogen) atoms. The summed E-state index contributed by atoms with van der Waals surface area (Å²) in [6.07, 6.45) is -1.35. The summed E-state index contributed by atoms with van der Waals surface area (Å²) < 4.78 is 10.6. The number of ether oxygens (including phenoxy) is 2. The molecule has 0 bridgehead atoms. The van der Waals surface area contributed by atoms with Crippen LogP contribution in [0.2, 0.25) is 0 Å². The van der Waals surface area contributed by atoms with Crippen molar-refractivity contribution in [3.05, 3.63) is 0 Å². The van der Waals surface area contributed by atoms with Gasteiger partial charge in [0.2, 0.25) is 11.8 Å². The summed E-state index contributed by atoms with van der Waals surface area (Å²) in [5.41, 5.74) is 0. The van der Waals surface area contributed by atoms with Gasteiger partial charge in [-0.3, -0.25) is 9.59 Å². The maximum atomic E-state index is 11.0. The predicted octanol–water partition coefficient (Wildman–Crippen LogP) is -0.0162. The summed E-state index contributed by atoms with van der Waals surface area (Å²) in [6.45, 7) is 7.17. The Kier molecular flexibility index (Phi) is 7.49. The van der Waals surface area contributed by atoms with Gasteiger partial charge in [0.15, 0.2) is 12.5 Å². The van der Waals surface area contributed by atoms with E-state index in [2.05, 4.69) is 10.6 Å². The molecule has 0 fully saturated rings. The third kappa shape index (κ3) is 6.36. The molecule has 0 spiro atoms. The van der Waals surface area contributed by atoms with Crippen molar-refractivity contribution in [2.24, 2.45) is 0 Å². The third-order valence-electron chi connectivity index (χ3n) is 1.66. The zero-order valence-electron chi connectivity index (χ0n) is 10.2.